The van der Waals surface area contributed by atoms with Gasteiger partial charge in [0.25, 0.3) is 0 Å². The fourth-order valence-electron chi connectivity index (χ4n) is 0.670. The average molecular weight is 195 g/mol. The van der Waals surface area contributed by atoms with Crippen LogP contribution in [0.3, 0.4) is 0 Å². The molecular formula is C7H17NO3S. The predicted molar refractivity (Wildman–Crippen MR) is 48.4 cm³/mol. The third kappa shape index (κ3) is 2.43. The minimum atomic E-state index is -3.19. The van der Waals surface area contributed by atoms with E-state index in [-0.39, 0.29) is 12.4 Å². The van der Waals surface area contributed by atoms with Crippen molar-refractivity contribution in [3.63, 3.8) is 0 Å². The van der Waals surface area contributed by atoms with E-state index in [1.54, 1.807) is 20.8 Å². The van der Waals surface area contributed by atoms with Crippen LogP contribution >= 0.6 is 0 Å². The normalized spacial score (nSPS) is 13.8. The second-order valence-electron chi connectivity index (χ2n) is 3.34. The van der Waals surface area contributed by atoms with Crippen molar-refractivity contribution in [2.45, 2.75) is 26.3 Å². The molecule has 0 aromatic heterocycles. The highest BCUT2D eigenvalue weighted by Crippen LogP contribution is 2.15. The molecule has 12 heavy (non-hydrogen) atoms. The topological polar surface area (TPSA) is 57.6 Å². The van der Waals surface area contributed by atoms with E-state index in [1.165, 1.54) is 11.4 Å². The molecule has 0 aromatic carbocycles. The quantitative estimate of drug-likeness (QED) is 0.689. The third-order valence-electron chi connectivity index (χ3n) is 2.02. The summed E-state index contributed by atoms with van der Waals surface area (Å²) in [5.41, 5.74) is -0.713. The van der Waals surface area contributed by atoms with Crippen LogP contribution in [0.2, 0.25) is 0 Å². The van der Waals surface area contributed by atoms with Gasteiger partial charge in [-0.3, -0.25) is 0 Å². The molecule has 74 valence electrons. The molecule has 0 fully saturated rings. The lowest BCUT2D eigenvalue weighted by molar-refractivity contribution is 0.138. The molecule has 0 spiro atoms. The Kier molecular flexibility index (Phi) is 3.68. The van der Waals surface area contributed by atoms with Crippen molar-refractivity contribution in [2.24, 2.45) is 0 Å². The Balaban J connectivity index is 4.72. The molecule has 0 saturated heterocycles. The molecule has 0 aliphatic heterocycles. The minimum Gasteiger partial charge on any atom is -0.394 e. The van der Waals surface area contributed by atoms with Crippen molar-refractivity contribution in [1.29, 1.82) is 0 Å². The number of likely N-dealkylation sites (N-methyl/N-ethyl adjacent to an activating group) is 1. The molecule has 0 atom stereocenters. The SMILES string of the molecule is CCS(=O)(=O)N(C)C(C)(C)CO. The summed E-state index contributed by atoms with van der Waals surface area (Å²) >= 11 is 0. The van der Waals surface area contributed by atoms with E-state index in [2.05, 4.69) is 0 Å². The van der Waals surface area contributed by atoms with Gasteiger partial charge in [-0.25, -0.2) is 8.42 Å². The summed E-state index contributed by atoms with van der Waals surface area (Å²) in [5.74, 6) is 0.0624. The Hall–Kier alpha value is -0.130. The maximum Gasteiger partial charge on any atom is 0.214 e. The zero-order valence-electron chi connectivity index (χ0n) is 8.03. The minimum absolute atomic E-state index is 0.0624. The van der Waals surface area contributed by atoms with Crippen molar-refractivity contribution in [1.82, 2.24) is 4.31 Å². The number of rotatable bonds is 4. The first-order chi connectivity index (χ1) is 5.28. The monoisotopic (exact) mass is 195 g/mol. The van der Waals surface area contributed by atoms with Crippen LogP contribution < -0.4 is 0 Å². The summed E-state index contributed by atoms with van der Waals surface area (Å²) in [6.07, 6.45) is 0. The van der Waals surface area contributed by atoms with Crippen LogP contribution in [0.4, 0.5) is 0 Å². The van der Waals surface area contributed by atoms with Crippen molar-refractivity contribution in [3.8, 4) is 0 Å². The summed E-state index contributed by atoms with van der Waals surface area (Å²) in [4.78, 5) is 0. The van der Waals surface area contributed by atoms with Crippen LogP contribution in [0.5, 0.6) is 0 Å². The van der Waals surface area contributed by atoms with Gasteiger partial charge in [-0.05, 0) is 20.8 Å². The Morgan fingerprint density at radius 3 is 2.08 bits per heavy atom. The highest BCUT2D eigenvalue weighted by molar-refractivity contribution is 7.89. The molecule has 5 heteroatoms. The van der Waals surface area contributed by atoms with Crippen LogP contribution in [-0.2, 0) is 10.0 Å². The fraction of sp³-hybridized carbons (Fsp3) is 1.00. The van der Waals surface area contributed by atoms with Crippen molar-refractivity contribution in [2.75, 3.05) is 19.4 Å². The van der Waals surface area contributed by atoms with Crippen molar-refractivity contribution in [3.05, 3.63) is 0 Å². The summed E-state index contributed by atoms with van der Waals surface area (Å²) in [5, 5.41) is 8.92. The van der Waals surface area contributed by atoms with Gasteiger partial charge in [0, 0.05) is 7.05 Å². The highest BCUT2D eigenvalue weighted by atomic mass is 32.2. The lowest BCUT2D eigenvalue weighted by Crippen LogP contribution is -2.48. The van der Waals surface area contributed by atoms with E-state index in [0.717, 1.165) is 0 Å². The first-order valence-electron chi connectivity index (χ1n) is 3.85. The summed E-state index contributed by atoms with van der Waals surface area (Å²) in [6.45, 7) is 4.77. The number of aliphatic hydroxyl groups is 1. The van der Waals surface area contributed by atoms with Crippen molar-refractivity contribution < 1.29 is 13.5 Å². The molecule has 0 aromatic rings. The molecule has 0 amide bonds. The van der Waals surface area contributed by atoms with Gasteiger partial charge in [0.1, 0.15) is 0 Å². The zero-order valence-corrected chi connectivity index (χ0v) is 8.85. The summed E-state index contributed by atoms with van der Waals surface area (Å²) in [6, 6.07) is 0. The molecule has 0 unspecified atom stereocenters. The first kappa shape index (κ1) is 11.9. The zero-order chi connectivity index (χ0) is 9.99. The van der Waals surface area contributed by atoms with Gasteiger partial charge in [0.2, 0.25) is 10.0 Å². The second-order valence-corrected chi connectivity index (χ2v) is 5.63. The maximum absolute atomic E-state index is 11.3. The Labute approximate surface area is 74.2 Å². The number of sulfonamides is 1. The molecule has 0 aliphatic carbocycles. The standard InChI is InChI=1S/C7H17NO3S/c1-5-12(10,11)8(4)7(2,3)6-9/h9H,5-6H2,1-4H3. The van der Waals surface area contributed by atoms with Crippen LogP contribution in [0, 0.1) is 0 Å². The summed E-state index contributed by atoms with van der Waals surface area (Å²) < 4.78 is 23.8. The van der Waals surface area contributed by atoms with Crippen LogP contribution in [0.1, 0.15) is 20.8 Å². The average Bonchev–Trinajstić information content (AvgIpc) is 2.03. The molecule has 0 bridgehead atoms. The van der Waals surface area contributed by atoms with Crippen LogP contribution in [0.15, 0.2) is 0 Å². The summed E-state index contributed by atoms with van der Waals surface area (Å²) in [7, 11) is -1.71. The number of aliphatic hydroxyl groups excluding tert-OH is 1. The molecular weight excluding hydrogens is 178 g/mol. The van der Waals surface area contributed by atoms with Gasteiger partial charge in [-0.15, -0.1) is 0 Å². The molecule has 4 nitrogen and oxygen atoms in total. The van der Waals surface area contributed by atoms with E-state index in [1.807, 2.05) is 0 Å². The Morgan fingerprint density at radius 1 is 1.42 bits per heavy atom. The molecule has 0 aliphatic rings. The van der Waals surface area contributed by atoms with E-state index in [9.17, 15) is 8.42 Å². The fourth-order valence-corrected chi connectivity index (χ4v) is 1.87. The second kappa shape index (κ2) is 3.72. The lowest BCUT2D eigenvalue weighted by Gasteiger charge is -2.32. The smallest absolute Gasteiger partial charge is 0.214 e. The van der Waals surface area contributed by atoms with Gasteiger partial charge in [-0.1, -0.05) is 0 Å². The van der Waals surface area contributed by atoms with Gasteiger partial charge >= 0.3 is 0 Å². The van der Waals surface area contributed by atoms with Gasteiger partial charge in [-0.2, -0.15) is 4.31 Å². The van der Waals surface area contributed by atoms with Crippen molar-refractivity contribution >= 4 is 10.0 Å². The third-order valence-corrected chi connectivity index (χ3v) is 4.08. The highest BCUT2D eigenvalue weighted by Gasteiger charge is 2.30. The van der Waals surface area contributed by atoms with Crippen LogP contribution in [-0.4, -0.2) is 42.8 Å². The maximum atomic E-state index is 11.3. The van der Waals surface area contributed by atoms with E-state index < -0.39 is 15.6 Å². The number of nitrogens with zero attached hydrogens (tertiary/aromatic N) is 1. The van der Waals surface area contributed by atoms with E-state index in [0.29, 0.717) is 0 Å². The molecule has 1 N–H and O–H groups in total. The van der Waals surface area contributed by atoms with Gasteiger partial charge < -0.3 is 5.11 Å². The van der Waals surface area contributed by atoms with Gasteiger partial charge in [0.05, 0.1) is 17.9 Å². The number of hydrogen-bond donors (Lipinski definition) is 1. The van der Waals surface area contributed by atoms with Gasteiger partial charge in [0.15, 0.2) is 0 Å². The largest absolute Gasteiger partial charge is 0.394 e. The van der Waals surface area contributed by atoms with E-state index >= 15 is 0 Å². The first-order valence-corrected chi connectivity index (χ1v) is 5.46. The Bertz CT molecular complexity index is 233. The Morgan fingerprint density at radius 2 is 1.83 bits per heavy atom. The van der Waals surface area contributed by atoms with Crippen LogP contribution in [0.25, 0.3) is 0 Å². The number of hydrogen-bond acceptors (Lipinski definition) is 3. The molecule has 0 saturated carbocycles. The molecule has 0 rings (SSSR count). The lowest BCUT2D eigenvalue weighted by atomic mass is 10.1. The molecule has 0 heterocycles. The predicted octanol–water partition coefficient (Wildman–Crippen LogP) is 0.0388. The molecule has 0 radical (unpaired) electrons. The van der Waals surface area contributed by atoms with E-state index in [4.69, 9.17) is 5.11 Å².